The number of amides is 2. The van der Waals surface area contributed by atoms with E-state index in [2.05, 4.69) is 25.3 Å². The number of nitrogens with two attached hydrogens (primary N) is 2. The number of rotatable bonds is 17. The number of halogens is 1. The Bertz CT molecular complexity index is 3020. The molecule has 0 aliphatic heterocycles. The van der Waals surface area contributed by atoms with Crippen LogP contribution in [0.5, 0.6) is 0 Å². The van der Waals surface area contributed by atoms with Crippen LogP contribution in [0.2, 0.25) is 0 Å². The highest BCUT2D eigenvalue weighted by Crippen LogP contribution is 2.27. The molecule has 0 fully saturated rings. The Morgan fingerprint density at radius 1 is 0.627 bits per heavy atom. The normalized spacial score (nSPS) is 10.8. The Balaban J connectivity index is 0.000000310. The average Bonchev–Trinajstić information content (AvgIpc) is 4.09. The standard InChI is InChI=1S/C27H25N3O5S.C10H14N2O2.C9H7NO2S.C8H8O2.CH4.ClH/c1-18-12-13-28-21-14-23(36-24(18)21)25(31)29-15-22(26(32)34-16-19-8-4-2-5-9-19)30-27(33)35-17-20-10-6-3-7-11-20;11-6-9(12)10(13)14-7-8-4-2-1-3-5-8;1-5-2-3-10-6-4-7(9(11)12)13-8(5)6;9-7-10-6-8-4-2-1-3-5-8;;/h2-14,22H,15-17H2,1H3,(H,29,31)(H,30,33);1-5,9H,6-7,11-12H2;2-4H,1H3,(H,11,12);1-5,7H,6H2;1H4;1H/t22-;9-;;;;/m11..../s1. The molecule has 0 spiro atoms. The minimum Gasteiger partial charge on any atom is -0.477 e. The zero-order chi connectivity index (χ0) is 52.4. The molecule has 0 radical (unpaired) electrons. The predicted octanol–water partition coefficient (Wildman–Crippen LogP) is 9.11. The van der Waals surface area contributed by atoms with Gasteiger partial charge in [-0.1, -0.05) is 129 Å². The maximum absolute atomic E-state index is 12.8. The largest absolute Gasteiger partial charge is 0.477 e. The summed E-state index contributed by atoms with van der Waals surface area (Å²) in [6.45, 7) is 4.97. The third-order valence-corrected chi connectivity index (χ3v) is 12.6. The van der Waals surface area contributed by atoms with E-state index in [4.69, 9.17) is 30.8 Å². The molecule has 8 rings (SSSR count). The quantitative estimate of drug-likeness (QED) is 0.0323. The van der Waals surface area contributed by atoms with Crippen LogP contribution in [0.4, 0.5) is 4.79 Å². The molecule has 4 aromatic carbocycles. The van der Waals surface area contributed by atoms with Gasteiger partial charge in [-0.3, -0.25) is 24.4 Å². The van der Waals surface area contributed by atoms with Crippen LogP contribution in [0.25, 0.3) is 20.4 Å². The smallest absolute Gasteiger partial charge is 0.408 e. The number of fused-ring (bicyclic) bond motifs is 2. The van der Waals surface area contributed by atoms with E-state index >= 15 is 0 Å². The number of thiophene rings is 2. The van der Waals surface area contributed by atoms with Crippen molar-refractivity contribution in [1.82, 2.24) is 20.6 Å². The Morgan fingerprint density at radius 3 is 1.47 bits per heavy atom. The van der Waals surface area contributed by atoms with Crippen molar-refractivity contribution < 1.29 is 52.8 Å². The Kier molecular flexibility index (Phi) is 26.9. The molecule has 17 nitrogen and oxygen atoms in total. The second-order valence-corrected chi connectivity index (χ2v) is 17.7. The van der Waals surface area contributed by atoms with Gasteiger partial charge in [0.1, 0.15) is 43.4 Å². The van der Waals surface area contributed by atoms with Gasteiger partial charge in [-0.05, 0) is 71.5 Å². The number of nitrogens with zero attached hydrogens (tertiary/aromatic N) is 2. The maximum Gasteiger partial charge on any atom is 0.408 e. The lowest BCUT2D eigenvalue weighted by Crippen LogP contribution is -2.49. The van der Waals surface area contributed by atoms with Crippen molar-refractivity contribution >= 4 is 91.9 Å². The molecule has 4 heterocycles. The highest BCUT2D eigenvalue weighted by Gasteiger charge is 2.25. The van der Waals surface area contributed by atoms with E-state index in [0.29, 0.717) is 22.8 Å². The van der Waals surface area contributed by atoms with Gasteiger partial charge in [0.05, 0.1) is 25.3 Å². The van der Waals surface area contributed by atoms with Crippen molar-refractivity contribution in [2.24, 2.45) is 11.5 Å². The Morgan fingerprint density at radius 2 is 1.04 bits per heavy atom. The van der Waals surface area contributed by atoms with E-state index < -0.39 is 36.1 Å². The molecular formula is C55H59ClN6O11S2. The summed E-state index contributed by atoms with van der Waals surface area (Å²) >= 11 is 2.59. The number of aryl methyl sites for hydroxylation is 2. The molecule has 0 saturated heterocycles. The molecule has 0 bridgehead atoms. The fourth-order valence-electron chi connectivity index (χ4n) is 6.20. The van der Waals surface area contributed by atoms with Crippen LogP contribution in [0.3, 0.4) is 0 Å². The van der Waals surface area contributed by atoms with Gasteiger partial charge in [0.15, 0.2) is 0 Å². The number of carbonyl (C=O) groups excluding carboxylic acids is 5. The van der Waals surface area contributed by atoms with Gasteiger partial charge in [0.25, 0.3) is 12.4 Å². The summed E-state index contributed by atoms with van der Waals surface area (Å²) in [6.07, 6.45) is 2.59. The maximum atomic E-state index is 12.8. The number of esters is 2. The third-order valence-electron chi connectivity index (χ3n) is 10.1. The number of benzene rings is 4. The van der Waals surface area contributed by atoms with Crippen molar-refractivity contribution in [3.05, 3.63) is 201 Å². The molecule has 0 aliphatic carbocycles. The number of hydrogen-bond acceptors (Lipinski definition) is 16. The van der Waals surface area contributed by atoms with Crippen molar-refractivity contribution in [1.29, 1.82) is 0 Å². The number of hydrogen-bond donors (Lipinski definition) is 5. The number of carboxylic acid groups (broad SMARTS) is 1. The lowest BCUT2D eigenvalue weighted by molar-refractivity contribution is -0.147. The second kappa shape index (κ2) is 32.9. The molecule has 2 atom stereocenters. The number of pyridine rings is 2. The van der Waals surface area contributed by atoms with Gasteiger partial charge < -0.3 is 46.2 Å². The van der Waals surface area contributed by atoms with Crippen LogP contribution < -0.4 is 22.1 Å². The molecular weight excluding hydrogens is 1020 g/mol. The highest BCUT2D eigenvalue weighted by molar-refractivity contribution is 7.21. The summed E-state index contributed by atoms with van der Waals surface area (Å²) in [6, 6.07) is 42.5. The molecule has 2 amide bonds. The van der Waals surface area contributed by atoms with E-state index in [1.165, 1.54) is 22.7 Å². The number of alkyl carbamates (subject to hydrolysis) is 1. The first-order valence-electron chi connectivity index (χ1n) is 22.5. The predicted molar refractivity (Wildman–Crippen MR) is 292 cm³/mol. The zero-order valence-corrected chi connectivity index (χ0v) is 42.7. The van der Waals surface area contributed by atoms with Crippen LogP contribution in [0.1, 0.15) is 60.2 Å². The summed E-state index contributed by atoms with van der Waals surface area (Å²) in [5.41, 5.74) is 17.7. The number of ether oxygens (including phenoxy) is 4. The number of nitrogens with one attached hydrogen (secondary N) is 2. The summed E-state index contributed by atoms with van der Waals surface area (Å²) in [5.74, 6) is -2.42. The first kappa shape index (κ1) is 61.2. The van der Waals surface area contributed by atoms with Gasteiger partial charge in [0.2, 0.25) is 0 Å². The van der Waals surface area contributed by atoms with E-state index in [9.17, 15) is 28.8 Å². The number of aromatic carboxylic acids is 1. The first-order chi connectivity index (χ1) is 35.3. The van der Waals surface area contributed by atoms with Crippen molar-refractivity contribution in [2.75, 3.05) is 13.1 Å². The topological polar surface area (TPSA) is 261 Å². The lowest BCUT2D eigenvalue weighted by atomic mass is 10.2. The van der Waals surface area contributed by atoms with Gasteiger partial charge in [0, 0.05) is 25.5 Å². The summed E-state index contributed by atoms with van der Waals surface area (Å²) < 4.78 is 22.0. The minimum atomic E-state index is -1.14. The molecule has 0 unspecified atom stereocenters. The number of aromatic nitrogens is 2. The van der Waals surface area contributed by atoms with Crippen LogP contribution >= 0.6 is 35.1 Å². The fourth-order valence-corrected chi connectivity index (χ4v) is 8.12. The molecule has 4 aromatic heterocycles. The molecule has 8 aromatic rings. The molecule has 394 valence electrons. The van der Waals surface area contributed by atoms with Crippen LogP contribution in [-0.4, -0.2) is 76.6 Å². The third kappa shape index (κ3) is 20.8. The first-order valence-corrected chi connectivity index (χ1v) is 24.1. The second-order valence-electron chi connectivity index (χ2n) is 15.6. The fraction of sp³-hybridized carbons (Fsp3) is 0.200. The molecule has 0 aliphatic rings. The van der Waals surface area contributed by atoms with E-state index in [0.717, 1.165) is 53.8 Å². The number of carboxylic acids is 1. The van der Waals surface area contributed by atoms with Gasteiger partial charge >= 0.3 is 24.0 Å². The van der Waals surface area contributed by atoms with E-state index in [1.807, 2.05) is 147 Å². The van der Waals surface area contributed by atoms with Gasteiger partial charge in [-0.25, -0.2) is 14.4 Å². The van der Waals surface area contributed by atoms with E-state index in [-0.39, 0.29) is 58.7 Å². The van der Waals surface area contributed by atoms with Crippen LogP contribution in [0, 0.1) is 13.8 Å². The monoisotopic (exact) mass is 1080 g/mol. The Hall–Kier alpha value is -8.07. The molecule has 0 saturated carbocycles. The van der Waals surface area contributed by atoms with Gasteiger partial charge in [-0.15, -0.1) is 35.1 Å². The van der Waals surface area contributed by atoms with Crippen LogP contribution in [0.15, 0.2) is 158 Å². The average molecular weight is 1080 g/mol. The Labute approximate surface area is 448 Å². The summed E-state index contributed by atoms with van der Waals surface area (Å²) in [5, 5.41) is 14.0. The van der Waals surface area contributed by atoms with Crippen molar-refractivity contribution in [3.63, 3.8) is 0 Å². The van der Waals surface area contributed by atoms with Crippen LogP contribution in [-0.2, 0) is 59.8 Å². The van der Waals surface area contributed by atoms with Crippen molar-refractivity contribution in [2.45, 2.75) is 59.8 Å². The number of carbonyl (C=O) groups is 6. The molecule has 7 N–H and O–H groups in total. The molecule has 20 heteroatoms. The van der Waals surface area contributed by atoms with Gasteiger partial charge in [-0.2, -0.15) is 0 Å². The minimum absolute atomic E-state index is 0. The lowest BCUT2D eigenvalue weighted by Gasteiger charge is -2.18. The zero-order valence-electron chi connectivity index (χ0n) is 40.3. The summed E-state index contributed by atoms with van der Waals surface area (Å²) in [7, 11) is 0. The summed E-state index contributed by atoms with van der Waals surface area (Å²) in [4.78, 5) is 78.7. The SMILES string of the molecule is C.Cc1ccnc2cc(C(=O)NC[C@@H](NC(=O)OCc3ccccc3)C(=O)OCc3ccccc3)sc12.Cc1ccnc2cc(C(=O)O)sc12.Cl.NC[C@@H](N)C(=O)OCc1ccccc1.O=COCc1ccccc1. The van der Waals surface area contributed by atoms with E-state index in [1.54, 1.807) is 24.5 Å². The van der Waals surface area contributed by atoms with Crippen molar-refractivity contribution in [3.8, 4) is 0 Å². The molecule has 75 heavy (non-hydrogen) atoms. The highest BCUT2D eigenvalue weighted by atomic mass is 35.5.